The number of nitrogens with zero attached hydrogens (tertiary/aromatic N) is 1. The van der Waals surface area contributed by atoms with E-state index in [-0.39, 0.29) is 23.7 Å². The van der Waals surface area contributed by atoms with Crippen LogP contribution < -0.4 is 10.0 Å². The lowest BCUT2D eigenvalue weighted by atomic mass is 9.93. The van der Waals surface area contributed by atoms with Gasteiger partial charge in [0, 0.05) is 24.7 Å². The molecule has 2 aliphatic rings. The Bertz CT molecular complexity index is 873. The number of benzene rings is 1. The van der Waals surface area contributed by atoms with E-state index in [2.05, 4.69) is 10.0 Å². The van der Waals surface area contributed by atoms with Gasteiger partial charge in [0.15, 0.2) is 0 Å². The molecule has 1 aromatic rings. The van der Waals surface area contributed by atoms with E-state index < -0.39 is 21.3 Å². The van der Waals surface area contributed by atoms with Gasteiger partial charge in [0.25, 0.3) is 0 Å². The summed E-state index contributed by atoms with van der Waals surface area (Å²) < 4.78 is 27.7. The van der Waals surface area contributed by atoms with E-state index in [1.807, 2.05) is 45.9 Å². The van der Waals surface area contributed by atoms with E-state index in [0.29, 0.717) is 31.6 Å². The summed E-state index contributed by atoms with van der Waals surface area (Å²) in [6.45, 7) is 9.00. The van der Waals surface area contributed by atoms with E-state index in [1.165, 1.54) is 0 Å². The van der Waals surface area contributed by atoms with E-state index >= 15 is 0 Å². The van der Waals surface area contributed by atoms with Crippen molar-refractivity contribution < 1.29 is 18.0 Å². The van der Waals surface area contributed by atoms with Gasteiger partial charge < -0.3 is 10.2 Å². The number of hydrogen-bond donors (Lipinski definition) is 2. The van der Waals surface area contributed by atoms with Crippen LogP contribution >= 0.6 is 0 Å². The van der Waals surface area contributed by atoms with Crippen LogP contribution in [0.1, 0.15) is 76.3 Å². The molecular weight excluding hydrogens is 402 g/mol. The van der Waals surface area contributed by atoms with Crippen molar-refractivity contribution in [2.75, 3.05) is 18.4 Å². The Morgan fingerprint density at radius 1 is 0.967 bits per heavy atom. The van der Waals surface area contributed by atoms with Crippen molar-refractivity contribution in [1.29, 1.82) is 0 Å². The summed E-state index contributed by atoms with van der Waals surface area (Å²) in [5.74, 6) is 0.647. The maximum atomic E-state index is 12.8. The van der Waals surface area contributed by atoms with Crippen molar-refractivity contribution in [3.8, 4) is 0 Å². The first-order chi connectivity index (χ1) is 14.1. The predicted octanol–water partition coefficient (Wildman–Crippen LogP) is 3.79. The lowest BCUT2D eigenvalue weighted by Crippen LogP contribution is -2.47. The second kappa shape index (κ2) is 8.96. The third kappa shape index (κ3) is 5.14. The van der Waals surface area contributed by atoms with Gasteiger partial charge in [-0.1, -0.05) is 45.9 Å². The number of nitrogens with one attached hydrogen (secondary N) is 2. The second-order valence-electron chi connectivity index (χ2n) is 9.02. The molecule has 3 amide bonds. The summed E-state index contributed by atoms with van der Waals surface area (Å²) in [6, 6.07) is 5.13. The summed E-state index contributed by atoms with van der Waals surface area (Å²) in [6.07, 6.45) is 2.58. The van der Waals surface area contributed by atoms with Crippen molar-refractivity contribution >= 4 is 27.6 Å². The Hall–Kier alpha value is -2.09. The van der Waals surface area contributed by atoms with Gasteiger partial charge in [-0.3, -0.25) is 4.79 Å². The average molecular weight is 436 g/mol. The molecule has 1 saturated heterocycles. The molecule has 2 N–H and O–H groups in total. The van der Waals surface area contributed by atoms with Crippen LogP contribution in [0, 0.1) is 5.92 Å². The highest BCUT2D eigenvalue weighted by molar-refractivity contribution is 7.90. The smallest absolute Gasteiger partial charge is 0.332 e. The first-order valence-corrected chi connectivity index (χ1v) is 12.4. The molecule has 1 saturated carbocycles. The normalized spacial score (nSPS) is 18.0. The summed E-state index contributed by atoms with van der Waals surface area (Å²) in [7, 11) is -3.82. The van der Waals surface area contributed by atoms with Crippen LogP contribution in [-0.2, 0) is 14.8 Å². The molecule has 3 rings (SSSR count). The number of sulfonamides is 1. The average Bonchev–Trinajstić information content (AvgIpc) is 3.52. The monoisotopic (exact) mass is 435 g/mol. The molecular formula is C22H33N3O4S. The van der Waals surface area contributed by atoms with Crippen molar-refractivity contribution in [2.45, 2.75) is 70.5 Å². The van der Waals surface area contributed by atoms with Crippen molar-refractivity contribution in [1.82, 2.24) is 9.62 Å². The fraction of sp³-hybridized carbons (Fsp3) is 0.636. The van der Waals surface area contributed by atoms with Crippen LogP contribution in [0.2, 0.25) is 0 Å². The maximum absolute atomic E-state index is 12.8. The Balaban J connectivity index is 1.65. The van der Waals surface area contributed by atoms with E-state index in [4.69, 9.17) is 0 Å². The summed E-state index contributed by atoms with van der Waals surface area (Å²) in [5, 5.41) is 2.12. The number of likely N-dealkylation sites (tertiary alicyclic amines) is 1. The molecule has 7 nitrogen and oxygen atoms in total. The molecule has 0 spiro atoms. The molecule has 1 aromatic carbocycles. The van der Waals surface area contributed by atoms with E-state index in [9.17, 15) is 18.0 Å². The largest absolute Gasteiger partial charge is 0.342 e. The standard InChI is InChI=1S/C22H33N3O4S/c1-14(2)18-6-5-7-19(15(3)4)20(18)23-22(27)24-30(28,29)17-10-12-25(13-11-17)21(26)16-8-9-16/h5-7,14-17H,8-13H2,1-4H3,(H2,23,24,27). The maximum Gasteiger partial charge on any atom is 0.332 e. The van der Waals surface area contributed by atoms with Gasteiger partial charge in [-0.25, -0.2) is 17.9 Å². The molecule has 0 radical (unpaired) electrons. The minimum absolute atomic E-state index is 0.137. The number of hydrogen-bond acceptors (Lipinski definition) is 4. The van der Waals surface area contributed by atoms with Crippen molar-refractivity contribution in [3.63, 3.8) is 0 Å². The van der Waals surface area contributed by atoms with E-state index in [1.54, 1.807) is 4.90 Å². The van der Waals surface area contributed by atoms with Crippen LogP contribution in [0.3, 0.4) is 0 Å². The SMILES string of the molecule is CC(C)c1cccc(C(C)C)c1NC(=O)NS(=O)(=O)C1CCN(C(=O)C2CC2)CC1. The molecule has 0 aromatic heterocycles. The van der Waals surface area contributed by atoms with Crippen LogP contribution in [0.4, 0.5) is 10.5 Å². The number of piperidine rings is 1. The highest BCUT2D eigenvalue weighted by Crippen LogP contribution is 2.33. The highest BCUT2D eigenvalue weighted by Gasteiger charge is 2.37. The van der Waals surface area contributed by atoms with Crippen LogP contribution in [0.5, 0.6) is 0 Å². The summed E-state index contributed by atoms with van der Waals surface area (Å²) in [5.41, 5.74) is 2.63. The van der Waals surface area contributed by atoms with E-state index in [0.717, 1.165) is 24.0 Å². The molecule has 166 valence electrons. The number of para-hydroxylation sites is 1. The van der Waals surface area contributed by atoms with Gasteiger partial charge >= 0.3 is 6.03 Å². The summed E-state index contributed by atoms with van der Waals surface area (Å²) in [4.78, 5) is 26.6. The summed E-state index contributed by atoms with van der Waals surface area (Å²) >= 11 is 0. The number of amides is 3. The number of urea groups is 1. The quantitative estimate of drug-likeness (QED) is 0.711. The minimum Gasteiger partial charge on any atom is -0.342 e. The van der Waals surface area contributed by atoms with Gasteiger partial charge in [0.1, 0.15) is 0 Å². The number of anilines is 1. The molecule has 0 atom stereocenters. The zero-order chi connectivity index (χ0) is 22.1. The van der Waals surface area contributed by atoms with Gasteiger partial charge in [-0.15, -0.1) is 0 Å². The Labute approximate surface area is 179 Å². The second-order valence-corrected chi connectivity index (χ2v) is 11.0. The van der Waals surface area contributed by atoms with Gasteiger partial charge in [0.2, 0.25) is 15.9 Å². The zero-order valence-electron chi connectivity index (χ0n) is 18.3. The fourth-order valence-electron chi connectivity index (χ4n) is 4.02. The lowest BCUT2D eigenvalue weighted by molar-refractivity contribution is -0.133. The molecule has 8 heteroatoms. The molecule has 1 aliphatic heterocycles. The Kier molecular flexibility index (Phi) is 6.75. The molecule has 2 fully saturated rings. The predicted molar refractivity (Wildman–Crippen MR) is 118 cm³/mol. The van der Waals surface area contributed by atoms with Gasteiger partial charge in [-0.05, 0) is 48.6 Å². The van der Waals surface area contributed by atoms with Gasteiger partial charge in [-0.2, -0.15) is 0 Å². The Morgan fingerprint density at radius 2 is 1.50 bits per heavy atom. The first kappa shape index (κ1) is 22.6. The zero-order valence-corrected chi connectivity index (χ0v) is 19.1. The highest BCUT2D eigenvalue weighted by atomic mass is 32.2. The topological polar surface area (TPSA) is 95.6 Å². The number of carbonyl (C=O) groups is 2. The first-order valence-electron chi connectivity index (χ1n) is 10.8. The fourth-order valence-corrected chi connectivity index (χ4v) is 5.33. The van der Waals surface area contributed by atoms with Crippen molar-refractivity contribution in [3.05, 3.63) is 29.3 Å². The molecule has 0 bridgehead atoms. The Morgan fingerprint density at radius 3 is 1.97 bits per heavy atom. The van der Waals surface area contributed by atoms with Crippen LogP contribution in [-0.4, -0.2) is 43.6 Å². The third-order valence-corrected chi connectivity index (χ3v) is 7.78. The van der Waals surface area contributed by atoms with Crippen LogP contribution in [0.15, 0.2) is 18.2 Å². The lowest BCUT2D eigenvalue weighted by Gasteiger charge is -2.31. The minimum atomic E-state index is -3.82. The molecule has 1 aliphatic carbocycles. The molecule has 1 heterocycles. The molecule has 30 heavy (non-hydrogen) atoms. The number of carbonyl (C=O) groups excluding carboxylic acids is 2. The van der Waals surface area contributed by atoms with Gasteiger partial charge in [0.05, 0.1) is 5.25 Å². The van der Waals surface area contributed by atoms with Crippen LogP contribution in [0.25, 0.3) is 0 Å². The molecule has 0 unspecified atom stereocenters. The third-order valence-electron chi connectivity index (χ3n) is 5.97. The number of rotatable bonds is 6. The van der Waals surface area contributed by atoms with Crippen molar-refractivity contribution in [2.24, 2.45) is 5.92 Å².